The largest absolute Gasteiger partial charge is 0.466 e. The number of allylic oxidation sites excluding steroid dienone is 1. The summed E-state index contributed by atoms with van der Waals surface area (Å²) in [5, 5.41) is 2.83. The first-order chi connectivity index (χ1) is 8.95. The van der Waals surface area contributed by atoms with Crippen molar-refractivity contribution < 1.29 is 14.3 Å². The van der Waals surface area contributed by atoms with Crippen LogP contribution in [0, 0.1) is 6.92 Å². The molecular weight excluding hydrogens is 264 g/mol. The number of nitrogens with zero attached hydrogens (tertiary/aromatic N) is 1. The van der Waals surface area contributed by atoms with Crippen molar-refractivity contribution in [1.82, 2.24) is 10.2 Å². The SMILES string of the molecule is COC(=O)C1=C(C)N(C)C(=O)N[C@H]1c1ccc(C)s1. The minimum atomic E-state index is -0.435. The first kappa shape index (κ1) is 13.6. The van der Waals surface area contributed by atoms with Crippen LogP contribution in [-0.2, 0) is 9.53 Å². The number of nitrogens with one attached hydrogen (secondary N) is 1. The van der Waals surface area contributed by atoms with Crippen molar-refractivity contribution >= 4 is 23.3 Å². The standard InChI is InChI=1S/C13H16N2O3S/c1-7-5-6-9(19-7)11-10(12(16)18-4)8(2)15(3)13(17)14-11/h5-6,11H,1-4H3,(H,14,17)/t11-/m0/s1. The zero-order valence-corrected chi connectivity index (χ0v) is 12.1. The Hall–Kier alpha value is -1.82. The first-order valence-electron chi connectivity index (χ1n) is 5.85. The Morgan fingerprint density at radius 3 is 2.63 bits per heavy atom. The lowest BCUT2D eigenvalue weighted by Crippen LogP contribution is -2.45. The van der Waals surface area contributed by atoms with Crippen LogP contribution in [0.5, 0.6) is 0 Å². The third-order valence-electron chi connectivity index (χ3n) is 3.21. The average molecular weight is 280 g/mol. The van der Waals surface area contributed by atoms with Crippen LogP contribution in [0.25, 0.3) is 0 Å². The molecule has 0 saturated heterocycles. The summed E-state index contributed by atoms with van der Waals surface area (Å²) in [6.07, 6.45) is 0. The van der Waals surface area contributed by atoms with Gasteiger partial charge in [0.15, 0.2) is 0 Å². The Bertz CT molecular complexity index is 562. The Balaban J connectivity index is 2.51. The van der Waals surface area contributed by atoms with Crippen LogP contribution in [0.4, 0.5) is 4.79 Å². The molecule has 0 radical (unpaired) electrons. The molecule has 5 nitrogen and oxygen atoms in total. The normalized spacial score (nSPS) is 19.5. The van der Waals surface area contributed by atoms with E-state index in [1.807, 2.05) is 19.1 Å². The maximum atomic E-state index is 12.0. The fourth-order valence-corrected chi connectivity index (χ4v) is 2.97. The van der Waals surface area contributed by atoms with Crippen molar-refractivity contribution in [2.45, 2.75) is 19.9 Å². The predicted molar refractivity (Wildman–Crippen MR) is 72.8 cm³/mol. The number of urea groups is 1. The van der Waals surface area contributed by atoms with Crippen molar-refractivity contribution in [2.24, 2.45) is 0 Å². The summed E-state index contributed by atoms with van der Waals surface area (Å²) in [7, 11) is 2.97. The average Bonchev–Trinajstić information content (AvgIpc) is 2.81. The quantitative estimate of drug-likeness (QED) is 0.845. The van der Waals surface area contributed by atoms with Crippen LogP contribution >= 0.6 is 11.3 Å². The second kappa shape index (κ2) is 5.05. The lowest BCUT2D eigenvalue weighted by atomic mass is 10.0. The zero-order valence-electron chi connectivity index (χ0n) is 11.3. The lowest BCUT2D eigenvalue weighted by molar-refractivity contribution is -0.136. The van der Waals surface area contributed by atoms with Gasteiger partial charge in [-0.25, -0.2) is 9.59 Å². The number of carbonyl (C=O) groups is 2. The second-order valence-corrected chi connectivity index (χ2v) is 5.70. The van der Waals surface area contributed by atoms with E-state index in [2.05, 4.69) is 5.32 Å². The van der Waals surface area contributed by atoms with Crippen molar-refractivity contribution in [1.29, 1.82) is 0 Å². The van der Waals surface area contributed by atoms with E-state index in [0.717, 1.165) is 9.75 Å². The molecular formula is C13H16N2O3S. The Morgan fingerprint density at radius 1 is 1.42 bits per heavy atom. The zero-order chi connectivity index (χ0) is 14.2. The van der Waals surface area contributed by atoms with Gasteiger partial charge in [-0.3, -0.25) is 0 Å². The summed E-state index contributed by atoms with van der Waals surface area (Å²) in [5.41, 5.74) is 1.10. The van der Waals surface area contributed by atoms with E-state index < -0.39 is 12.0 Å². The fraction of sp³-hybridized carbons (Fsp3) is 0.385. The number of methoxy groups -OCH3 is 1. The molecule has 1 aliphatic heterocycles. The molecule has 0 spiro atoms. The third-order valence-corrected chi connectivity index (χ3v) is 4.27. The van der Waals surface area contributed by atoms with Crippen molar-refractivity contribution in [2.75, 3.05) is 14.2 Å². The monoisotopic (exact) mass is 280 g/mol. The molecule has 0 saturated carbocycles. The molecule has 2 amide bonds. The van der Waals surface area contributed by atoms with Crippen LogP contribution in [0.15, 0.2) is 23.4 Å². The molecule has 0 unspecified atom stereocenters. The molecule has 2 rings (SSSR count). The Labute approximate surface area is 115 Å². The smallest absolute Gasteiger partial charge is 0.338 e. The number of aryl methyl sites for hydroxylation is 1. The van der Waals surface area contributed by atoms with E-state index in [9.17, 15) is 9.59 Å². The van der Waals surface area contributed by atoms with Gasteiger partial charge in [-0.2, -0.15) is 0 Å². The van der Waals surface area contributed by atoms with Gasteiger partial charge in [-0.15, -0.1) is 11.3 Å². The molecule has 1 aliphatic rings. The number of carbonyl (C=O) groups excluding carboxylic acids is 2. The number of esters is 1. The molecule has 0 fully saturated rings. The summed E-state index contributed by atoms with van der Waals surface area (Å²) in [4.78, 5) is 27.3. The molecule has 1 aromatic heterocycles. The van der Waals surface area contributed by atoms with Crippen LogP contribution in [0.2, 0.25) is 0 Å². The molecule has 1 aromatic rings. The summed E-state index contributed by atoms with van der Waals surface area (Å²) in [6.45, 7) is 3.73. The van der Waals surface area contributed by atoms with Crippen LogP contribution in [-0.4, -0.2) is 31.1 Å². The van der Waals surface area contributed by atoms with E-state index in [1.165, 1.54) is 12.0 Å². The first-order valence-corrected chi connectivity index (χ1v) is 6.67. The minimum Gasteiger partial charge on any atom is -0.466 e. The van der Waals surface area contributed by atoms with Crippen molar-refractivity contribution in [3.63, 3.8) is 0 Å². The number of rotatable bonds is 2. The Morgan fingerprint density at radius 2 is 2.11 bits per heavy atom. The maximum Gasteiger partial charge on any atom is 0.338 e. The molecule has 6 heteroatoms. The highest BCUT2D eigenvalue weighted by Gasteiger charge is 2.35. The summed E-state index contributed by atoms with van der Waals surface area (Å²) in [6, 6.07) is 3.23. The summed E-state index contributed by atoms with van der Waals surface area (Å²) in [5.74, 6) is -0.416. The van der Waals surface area contributed by atoms with Gasteiger partial charge in [0.1, 0.15) is 0 Å². The fourth-order valence-electron chi connectivity index (χ4n) is 2.03. The van der Waals surface area contributed by atoms with Gasteiger partial charge in [0.05, 0.1) is 18.7 Å². The molecule has 2 heterocycles. The van der Waals surface area contributed by atoms with E-state index in [-0.39, 0.29) is 6.03 Å². The number of hydrogen-bond acceptors (Lipinski definition) is 4. The number of amides is 2. The van der Waals surface area contributed by atoms with Crippen LogP contribution < -0.4 is 5.32 Å². The van der Waals surface area contributed by atoms with Gasteiger partial charge in [-0.1, -0.05) is 0 Å². The predicted octanol–water partition coefficient (Wildman–Crippen LogP) is 2.20. The molecule has 102 valence electrons. The highest BCUT2D eigenvalue weighted by Crippen LogP contribution is 2.33. The maximum absolute atomic E-state index is 12.0. The summed E-state index contributed by atoms with van der Waals surface area (Å²) < 4.78 is 4.83. The lowest BCUT2D eigenvalue weighted by Gasteiger charge is -2.32. The van der Waals surface area contributed by atoms with Crippen molar-refractivity contribution in [3.8, 4) is 0 Å². The van der Waals surface area contributed by atoms with E-state index in [0.29, 0.717) is 11.3 Å². The van der Waals surface area contributed by atoms with Gasteiger partial charge < -0.3 is 15.0 Å². The van der Waals surface area contributed by atoms with Crippen LogP contribution in [0.1, 0.15) is 22.7 Å². The number of ether oxygens (including phenoxy) is 1. The second-order valence-electron chi connectivity index (χ2n) is 4.38. The van der Waals surface area contributed by atoms with E-state index >= 15 is 0 Å². The number of hydrogen-bond donors (Lipinski definition) is 1. The number of thiophene rings is 1. The summed E-state index contributed by atoms with van der Waals surface area (Å²) >= 11 is 1.56. The van der Waals surface area contributed by atoms with Gasteiger partial charge in [0.25, 0.3) is 0 Å². The van der Waals surface area contributed by atoms with Gasteiger partial charge in [0, 0.05) is 22.5 Å². The van der Waals surface area contributed by atoms with Crippen molar-refractivity contribution in [3.05, 3.63) is 33.2 Å². The molecule has 19 heavy (non-hydrogen) atoms. The Kier molecular flexibility index (Phi) is 3.61. The molecule has 0 aliphatic carbocycles. The molecule has 0 aromatic carbocycles. The highest BCUT2D eigenvalue weighted by molar-refractivity contribution is 7.12. The molecule has 1 atom stereocenters. The van der Waals surface area contributed by atoms with Crippen LogP contribution in [0.3, 0.4) is 0 Å². The molecule has 1 N–H and O–H groups in total. The van der Waals surface area contributed by atoms with Gasteiger partial charge in [0.2, 0.25) is 0 Å². The minimum absolute atomic E-state index is 0.221. The molecule has 0 bridgehead atoms. The topological polar surface area (TPSA) is 58.6 Å². The third kappa shape index (κ3) is 2.35. The van der Waals surface area contributed by atoms with Gasteiger partial charge >= 0.3 is 12.0 Å². The highest BCUT2D eigenvalue weighted by atomic mass is 32.1. The van der Waals surface area contributed by atoms with E-state index in [4.69, 9.17) is 4.74 Å². The van der Waals surface area contributed by atoms with Gasteiger partial charge in [-0.05, 0) is 26.0 Å². The van der Waals surface area contributed by atoms with E-state index in [1.54, 1.807) is 25.3 Å².